The molecule has 22 heavy (non-hydrogen) atoms. The van der Waals surface area contributed by atoms with Gasteiger partial charge in [0, 0.05) is 5.56 Å². The average Bonchev–Trinajstić information content (AvgIpc) is 2.54. The van der Waals surface area contributed by atoms with Crippen LogP contribution in [-0.4, -0.2) is 23.7 Å². The molecular formula is C19H23NO2. The van der Waals surface area contributed by atoms with Crippen LogP contribution in [0.5, 0.6) is 0 Å². The van der Waals surface area contributed by atoms with Crippen molar-refractivity contribution in [3.05, 3.63) is 60.2 Å². The highest BCUT2D eigenvalue weighted by Crippen LogP contribution is 2.23. The van der Waals surface area contributed by atoms with E-state index in [1.807, 2.05) is 54.6 Å². The fraction of sp³-hybridized carbons (Fsp3) is 0.316. The molecular weight excluding hydrogens is 274 g/mol. The van der Waals surface area contributed by atoms with Gasteiger partial charge < -0.3 is 10.4 Å². The molecule has 3 nitrogen and oxygen atoms in total. The third kappa shape index (κ3) is 4.18. The van der Waals surface area contributed by atoms with E-state index in [2.05, 4.69) is 19.2 Å². The molecule has 2 aromatic rings. The zero-order chi connectivity index (χ0) is 15.9. The van der Waals surface area contributed by atoms with E-state index in [1.165, 1.54) is 0 Å². The maximum Gasteiger partial charge on any atom is 0.252 e. The van der Waals surface area contributed by atoms with Crippen molar-refractivity contribution < 1.29 is 9.90 Å². The number of benzene rings is 2. The van der Waals surface area contributed by atoms with Crippen LogP contribution in [0.1, 0.15) is 30.6 Å². The van der Waals surface area contributed by atoms with E-state index in [0.29, 0.717) is 11.5 Å². The monoisotopic (exact) mass is 297 g/mol. The van der Waals surface area contributed by atoms with Crippen molar-refractivity contribution in [1.82, 2.24) is 5.32 Å². The molecule has 0 saturated carbocycles. The average molecular weight is 297 g/mol. The molecule has 0 aliphatic rings. The quantitative estimate of drug-likeness (QED) is 0.857. The molecule has 0 spiro atoms. The van der Waals surface area contributed by atoms with E-state index >= 15 is 0 Å². The van der Waals surface area contributed by atoms with Gasteiger partial charge in [-0.3, -0.25) is 4.79 Å². The molecule has 1 amide bonds. The lowest BCUT2D eigenvalue weighted by atomic mass is 9.98. The van der Waals surface area contributed by atoms with Gasteiger partial charge in [0.1, 0.15) is 0 Å². The van der Waals surface area contributed by atoms with Gasteiger partial charge in [-0.15, -0.1) is 0 Å². The predicted molar refractivity (Wildman–Crippen MR) is 89.7 cm³/mol. The van der Waals surface area contributed by atoms with Gasteiger partial charge in [0.05, 0.1) is 12.6 Å². The number of hydrogen-bond acceptors (Lipinski definition) is 2. The van der Waals surface area contributed by atoms with Gasteiger partial charge in [0.25, 0.3) is 5.91 Å². The van der Waals surface area contributed by atoms with E-state index in [1.54, 1.807) is 0 Å². The Balaban J connectivity index is 2.23. The number of carbonyl (C=O) groups is 1. The second kappa shape index (κ2) is 7.76. The van der Waals surface area contributed by atoms with Crippen molar-refractivity contribution >= 4 is 5.91 Å². The Kier molecular flexibility index (Phi) is 5.73. The van der Waals surface area contributed by atoms with Crippen molar-refractivity contribution in [3.63, 3.8) is 0 Å². The Morgan fingerprint density at radius 1 is 1.05 bits per heavy atom. The SMILES string of the molecule is CC(C)C[C@@H](CO)NC(=O)c1ccccc1-c1ccccc1. The second-order valence-corrected chi connectivity index (χ2v) is 5.89. The van der Waals surface area contributed by atoms with Crippen LogP contribution in [0.2, 0.25) is 0 Å². The molecule has 0 fully saturated rings. The second-order valence-electron chi connectivity index (χ2n) is 5.89. The Hall–Kier alpha value is -2.13. The van der Waals surface area contributed by atoms with Gasteiger partial charge >= 0.3 is 0 Å². The molecule has 0 radical (unpaired) electrons. The third-order valence-electron chi connectivity index (χ3n) is 3.57. The molecule has 2 rings (SSSR count). The van der Waals surface area contributed by atoms with Crippen molar-refractivity contribution in [2.45, 2.75) is 26.3 Å². The Labute approximate surface area is 132 Å². The Morgan fingerprint density at radius 2 is 1.68 bits per heavy atom. The maximum atomic E-state index is 12.6. The number of amides is 1. The molecule has 0 aromatic heterocycles. The van der Waals surface area contributed by atoms with Crippen molar-refractivity contribution in [3.8, 4) is 11.1 Å². The zero-order valence-corrected chi connectivity index (χ0v) is 13.1. The van der Waals surface area contributed by atoms with E-state index in [0.717, 1.165) is 17.5 Å². The van der Waals surface area contributed by atoms with Crippen LogP contribution >= 0.6 is 0 Å². The largest absolute Gasteiger partial charge is 0.394 e. The number of hydrogen-bond donors (Lipinski definition) is 2. The summed E-state index contributed by atoms with van der Waals surface area (Å²) in [6.45, 7) is 4.11. The fourth-order valence-electron chi connectivity index (χ4n) is 2.56. The lowest BCUT2D eigenvalue weighted by molar-refractivity contribution is 0.0909. The zero-order valence-electron chi connectivity index (χ0n) is 13.1. The first-order valence-corrected chi connectivity index (χ1v) is 7.68. The van der Waals surface area contributed by atoms with Gasteiger partial charge in [-0.1, -0.05) is 62.4 Å². The molecule has 3 heteroatoms. The van der Waals surface area contributed by atoms with Crippen molar-refractivity contribution in [1.29, 1.82) is 0 Å². The first kappa shape index (κ1) is 16.2. The number of nitrogens with one attached hydrogen (secondary N) is 1. The van der Waals surface area contributed by atoms with E-state index < -0.39 is 0 Å². The summed E-state index contributed by atoms with van der Waals surface area (Å²) in [6, 6.07) is 17.2. The van der Waals surface area contributed by atoms with Crippen molar-refractivity contribution in [2.75, 3.05) is 6.61 Å². The Morgan fingerprint density at radius 3 is 2.32 bits per heavy atom. The summed E-state index contributed by atoms with van der Waals surface area (Å²) in [7, 11) is 0. The molecule has 0 unspecified atom stereocenters. The molecule has 1 atom stereocenters. The minimum absolute atomic E-state index is 0.0442. The molecule has 0 bridgehead atoms. The number of aliphatic hydroxyl groups excluding tert-OH is 1. The summed E-state index contributed by atoms with van der Waals surface area (Å²) in [6.07, 6.45) is 0.760. The third-order valence-corrected chi connectivity index (χ3v) is 3.57. The van der Waals surface area contributed by atoms with Gasteiger partial charge in [-0.2, -0.15) is 0 Å². The van der Waals surface area contributed by atoms with Crippen LogP contribution in [0.4, 0.5) is 0 Å². The normalized spacial score (nSPS) is 12.2. The number of aliphatic hydroxyl groups is 1. The summed E-state index contributed by atoms with van der Waals surface area (Å²) in [4.78, 5) is 12.6. The van der Waals surface area contributed by atoms with E-state index in [4.69, 9.17) is 0 Å². The lowest BCUT2D eigenvalue weighted by Crippen LogP contribution is -2.38. The number of carbonyl (C=O) groups excluding carboxylic acids is 1. The van der Waals surface area contributed by atoms with Crippen LogP contribution in [0, 0.1) is 5.92 Å². The first-order chi connectivity index (χ1) is 10.6. The smallest absolute Gasteiger partial charge is 0.252 e. The standard InChI is InChI=1S/C19H23NO2/c1-14(2)12-16(13-21)20-19(22)18-11-7-6-10-17(18)15-8-4-3-5-9-15/h3-11,14,16,21H,12-13H2,1-2H3,(H,20,22)/t16-/m0/s1. The minimum atomic E-state index is -0.212. The highest BCUT2D eigenvalue weighted by molar-refractivity contribution is 6.01. The highest BCUT2D eigenvalue weighted by atomic mass is 16.3. The highest BCUT2D eigenvalue weighted by Gasteiger charge is 2.17. The van der Waals surface area contributed by atoms with E-state index in [-0.39, 0.29) is 18.6 Å². The summed E-state index contributed by atoms with van der Waals surface area (Å²) < 4.78 is 0. The molecule has 0 aliphatic carbocycles. The molecule has 2 N–H and O–H groups in total. The van der Waals surface area contributed by atoms with Gasteiger partial charge in [0.15, 0.2) is 0 Å². The first-order valence-electron chi connectivity index (χ1n) is 7.68. The van der Waals surface area contributed by atoms with Crippen LogP contribution in [0.15, 0.2) is 54.6 Å². The molecule has 0 aliphatic heterocycles. The molecule has 0 saturated heterocycles. The molecule has 0 heterocycles. The fourth-order valence-corrected chi connectivity index (χ4v) is 2.56. The van der Waals surface area contributed by atoms with E-state index in [9.17, 15) is 9.90 Å². The van der Waals surface area contributed by atoms with Gasteiger partial charge in [0.2, 0.25) is 0 Å². The van der Waals surface area contributed by atoms with Gasteiger partial charge in [-0.25, -0.2) is 0 Å². The van der Waals surface area contributed by atoms with Crippen molar-refractivity contribution in [2.24, 2.45) is 5.92 Å². The van der Waals surface area contributed by atoms with Gasteiger partial charge in [-0.05, 0) is 29.5 Å². The van der Waals surface area contributed by atoms with Crippen LogP contribution in [-0.2, 0) is 0 Å². The summed E-state index contributed by atoms with van der Waals surface area (Å²) >= 11 is 0. The molecule has 2 aromatic carbocycles. The Bertz CT molecular complexity index is 608. The minimum Gasteiger partial charge on any atom is -0.394 e. The molecule has 116 valence electrons. The topological polar surface area (TPSA) is 49.3 Å². The van der Waals surface area contributed by atoms with Crippen LogP contribution in [0.25, 0.3) is 11.1 Å². The number of rotatable bonds is 6. The van der Waals surface area contributed by atoms with Crippen LogP contribution < -0.4 is 5.32 Å². The summed E-state index contributed by atoms with van der Waals surface area (Å²) in [5.41, 5.74) is 2.55. The summed E-state index contributed by atoms with van der Waals surface area (Å²) in [5, 5.41) is 12.4. The summed E-state index contributed by atoms with van der Waals surface area (Å²) in [5.74, 6) is 0.279. The lowest BCUT2D eigenvalue weighted by Gasteiger charge is -2.19. The van der Waals surface area contributed by atoms with Crippen LogP contribution in [0.3, 0.4) is 0 Å². The maximum absolute atomic E-state index is 12.6. The predicted octanol–water partition coefficient (Wildman–Crippen LogP) is 3.49.